The maximum absolute atomic E-state index is 12.6. The van der Waals surface area contributed by atoms with Crippen LogP contribution in [-0.2, 0) is 0 Å². The Morgan fingerprint density at radius 2 is 2.22 bits per heavy atom. The number of hydrogen-bond donors (Lipinski definition) is 2. The molecule has 0 bridgehead atoms. The lowest BCUT2D eigenvalue weighted by Crippen LogP contribution is -2.27. The molecule has 1 aliphatic heterocycles. The molecular weight excluding hydrogens is 413 g/mol. The third-order valence-corrected chi connectivity index (χ3v) is 5.37. The minimum atomic E-state index is -1.33. The van der Waals surface area contributed by atoms with Crippen LogP contribution >= 0.6 is 35.3 Å². The predicted octanol–water partition coefficient (Wildman–Crippen LogP) is 2.15. The standard InChI is InChI=1S/C16H14ClN5O3S.ClH/c17-10-5-11(21-3-1-8(18)6-21)20-14-12(10)13(23)9(15(24)25)7-22(14)16-19-2-4-26-16;/h2,4-5,7-8H,1,3,6,18H2,(H,24,25);1H. The van der Waals surface area contributed by atoms with Crippen molar-refractivity contribution >= 4 is 58.2 Å². The Morgan fingerprint density at radius 3 is 2.81 bits per heavy atom. The molecule has 8 nitrogen and oxygen atoms in total. The van der Waals surface area contributed by atoms with E-state index in [4.69, 9.17) is 17.3 Å². The monoisotopic (exact) mass is 427 g/mol. The second kappa shape index (κ2) is 7.43. The van der Waals surface area contributed by atoms with Gasteiger partial charge in [0.25, 0.3) is 0 Å². The van der Waals surface area contributed by atoms with Crippen molar-refractivity contribution in [3.8, 4) is 5.13 Å². The number of nitrogens with two attached hydrogens (primary N) is 1. The van der Waals surface area contributed by atoms with Crippen LogP contribution in [0.2, 0.25) is 5.02 Å². The van der Waals surface area contributed by atoms with Gasteiger partial charge in [0, 0.05) is 43.0 Å². The third kappa shape index (κ3) is 3.39. The Labute approximate surface area is 168 Å². The van der Waals surface area contributed by atoms with E-state index in [1.165, 1.54) is 22.1 Å². The van der Waals surface area contributed by atoms with Gasteiger partial charge in [-0.25, -0.2) is 14.8 Å². The number of anilines is 1. The lowest BCUT2D eigenvalue weighted by molar-refractivity contribution is 0.0695. The molecule has 142 valence electrons. The van der Waals surface area contributed by atoms with E-state index in [-0.39, 0.29) is 40.1 Å². The van der Waals surface area contributed by atoms with E-state index in [0.29, 0.717) is 17.5 Å². The summed E-state index contributed by atoms with van der Waals surface area (Å²) in [6.45, 7) is 1.38. The number of carboxylic acid groups (broad SMARTS) is 1. The normalized spacial score (nSPS) is 16.5. The van der Waals surface area contributed by atoms with Gasteiger partial charge in [-0.05, 0) is 6.42 Å². The molecule has 0 radical (unpaired) electrons. The van der Waals surface area contributed by atoms with Gasteiger partial charge in [0.05, 0.1) is 10.4 Å². The van der Waals surface area contributed by atoms with Crippen molar-refractivity contribution in [2.75, 3.05) is 18.0 Å². The third-order valence-electron chi connectivity index (χ3n) is 4.30. The second-order valence-electron chi connectivity index (χ2n) is 6.02. The smallest absolute Gasteiger partial charge is 0.341 e. The maximum Gasteiger partial charge on any atom is 0.341 e. The van der Waals surface area contributed by atoms with E-state index in [0.717, 1.165) is 13.0 Å². The minimum Gasteiger partial charge on any atom is -0.477 e. The Balaban J connectivity index is 0.00000210. The molecule has 1 fully saturated rings. The van der Waals surface area contributed by atoms with Crippen molar-refractivity contribution in [3.63, 3.8) is 0 Å². The van der Waals surface area contributed by atoms with Crippen LogP contribution in [0.5, 0.6) is 0 Å². The zero-order valence-corrected chi connectivity index (χ0v) is 16.2. The Hall–Kier alpha value is -2.20. The summed E-state index contributed by atoms with van der Waals surface area (Å²) in [6, 6.07) is 1.64. The summed E-state index contributed by atoms with van der Waals surface area (Å²) in [5, 5.41) is 11.8. The molecule has 4 heterocycles. The highest BCUT2D eigenvalue weighted by Gasteiger charge is 2.24. The van der Waals surface area contributed by atoms with Gasteiger partial charge in [-0.3, -0.25) is 9.36 Å². The van der Waals surface area contributed by atoms with Gasteiger partial charge in [0.15, 0.2) is 10.8 Å². The first-order valence-corrected chi connectivity index (χ1v) is 9.11. The summed E-state index contributed by atoms with van der Waals surface area (Å²) in [5.41, 5.74) is 5.20. The van der Waals surface area contributed by atoms with Crippen molar-refractivity contribution < 1.29 is 9.90 Å². The summed E-state index contributed by atoms with van der Waals surface area (Å²) in [7, 11) is 0. The topological polar surface area (TPSA) is 114 Å². The number of thiazole rings is 1. The molecule has 1 unspecified atom stereocenters. The number of pyridine rings is 2. The molecule has 3 N–H and O–H groups in total. The van der Waals surface area contributed by atoms with Crippen molar-refractivity contribution in [2.24, 2.45) is 5.73 Å². The molecule has 0 spiro atoms. The Morgan fingerprint density at radius 1 is 1.44 bits per heavy atom. The Bertz CT molecular complexity index is 1070. The lowest BCUT2D eigenvalue weighted by atomic mass is 10.2. The molecule has 0 aliphatic carbocycles. The van der Waals surface area contributed by atoms with Crippen LogP contribution < -0.4 is 16.1 Å². The fourth-order valence-corrected chi connectivity index (χ4v) is 3.93. The van der Waals surface area contributed by atoms with Gasteiger partial charge in [-0.15, -0.1) is 23.7 Å². The predicted molar refractivity (Wildman–Crippen MR) is 107 cm³/mol. The van der Waals surface area contributed by atoms with Crippen LogP contribution in [0.25, 0.3) is 16.2 Å². The van der Waals surface area contributed by atoms with Crippen molar-refractivity contribution in [2.45, 2.75) is 12.5 Å². The molecule has 4 rings (SSSR count). The van der Waals surface area contributed by atoms with Crippen LogP contribution in [0.1, 0.15) is 16.8 Å². The van der Waals surface area contributed by atoms with Gasteiger partial charge in [0.1, 0.15) is 11.4 Å². The fraction of sp³-hybridized carbons (Fsp3) is 0.250. The molecule has 0 saturated carbocycles. The molecule has 0 aromatic carbocycles. The van der Waals surface area contributed by atoms with Gasteiger partial charge in [-0.1, -0.05) is 11.6 Å². The first-order valence-electron chi connectivity index (χ1n) is 7.85. The van der Waals surface area contributed by atoms with E-state index < -0.39 is 11.4 Å². The van der Waals surface area contributed by atoms with Gasteiger partial charge in [-0.2, -0.15) is 0 Å². The molecular formula is C16H15Cl2N5O3S. The number of carboxylic acids is 1. The number of nitrogens with zero attached hydrogens (tertiary/aromatic N) is 4. The van der Waals surface area contributed by atoms with Gasteiger partial charge >= 0.3 is 5.97 Å². The quantitative estimate of drug-likeness (QED) is 0.657. The highest BCUT2D eigenvalue weighted by atomic mass is 35.5. The molecule has 3 aromatic heterocycles. The second-order valence-corrected chi connectivity index (χ2v) is 7.30. The molecule has 1 atom stereocenters. The van der Waals surface area contributed by atoms with E-state index in [1.54, 1.807) is 17.6 Å². The number of aromatic carboxylic acids is 1. The van der Waals surface area contributed by atoms with Crippen LogP contribution in [0.4, 0.5) is 5.82 Å². The summed E-state index contributed by atoms with van der Waals surface area (Å²) >= 11 is 7.67. The van der Waals surface area contributed by atoms with E-state index >= 15 is 0 Å². The summed E-state index contributed by atoms with van der Waals surface area (Å²) < 4.78 is 1.50. The largest absolute Gasteiger partial charge is 0.477 e. The van der Waals surface area contributed by atoms with Gasteiger partial charge in [0.2, 0.25) is 5.43 Å². The molecule has 0 amide bonds. The van der Waals surface area contributed by atoms with Crippen LogP contribution in [0.15, 0.2) is 28.6 Å². The SMILES string of the molecule is Cl.NC1CCN(c2cc(Cl)c3c(=O)c(C(=O)O)cn(-c4nccs4)c3n2)C1. The number of fused-ring (bicyclic) bond motifs is 1. The summed E-state index contributed by atoms with van der Waals surface area (Å²) in [5.74, 6) is -0.726. The fourth-order valence-electron chi connectivity index (χ4n) is 3.05. The van der Waals surface area contributed by atoms with E-state index in [1.807, 2.05) is 4.90 Å². The molecule has 1 saturated heterocycles. The number of aromatic nitrogens is 3. The van der Waals surface area contributed by atoms with Gasteiger partial charge < -0.3 is 15.7 Å². The first kappa shape index (κ1) is 19.6. The molecule has 27 heavy (non-hydrogen) atoms. The highest BCUT2D eigenvalue weighted by Crippen LogP contribution is 2.29. The van der Waals surface area contributed by atoms with Crippen LogP contribution in [0, 0.1) is 0 Å². The zero-order chi connectivity index (χ0) is 18.4. The number of carbonyl (C=O) groups is 1. The minimum absolute atomic E-state index is 0. The number of halogens is 2. The first-order chi connectivity index (χ1) is 12.5. The van der Waals surface area contributed by atoms with E-state index in [9.17, 15) is 14.7 Å². The highest BCUT2D eigenvalue weighted by molar-refractivity contribution is 7.12. The van der Waals surface area contributed by atoms with E-state index in [2.05, 4.69) is 9.97 Å². The average Bonchev–Trinajstić information content (AvgIpc) is 3.26. The zero-order valence-electron chi connectivity index (χ0n) is 13.8. The Kier molecular flexibility index (Phi) is 5.38. The van der Waals surface area contributed by atoms with Crippen molar-refractivity contribution in [3.05, 3.63) is 44.6 Å². The van der Waals surface area contributed by atoms with Crippen LogP contribution in [-0.4, -0.2) is 44.7 Å². The average molecular weight is 428 g/mol. The molecule has 11 heteroatoms. The molecule has 1 aliphatic rings. The summed E-state index contributed by atoms with van der Waals surface area (Å²) in [6.07, 6.45) is 3.68. The number of hydrogen-bond acceptors (Lipinski definition) is 7. The molecule has 3 aromatic rings. The van der Waals surface area contributed by atoms with Crippen molar-refractivity contribution in [1.29, 1.82) is 0 Å². The number of rotatable bonds is 3. The maximum atomic E-state index is 12.6. The lowest BCUT2D eigenvalue weighted by Gasteiger charge is -2.19. The summed E-state index contributed by atoms with van der Waals surface area (Å²) in [4.78, 5) is 34.9. The van der Waals surface area contributed by atoms with Crippen molar-refractivity contribution in [1.82, 2.24) is 14.5 Å². The van der Waals surface area contributed by atoms with Crippen LogP contribution in [0.3, 0.4) is 0 Å².